The zero-order chi connectivity index (χ0) is 14.5. The minimum absolute atomic E-state index is 0.0158. The van der Waals surface area contributed by atoms with E-state index in [1.165, 1.54) is 0 Å². The molecule has 1 aromatic heterocycles. The molecule has 0 aliphatic carbocycles. The van der Waals surface area contributed by atoms with Gasteiger partial charge in [0.1, 0.15) is 0 Å². The summed E-state index contributed by atoms with van der Waals surface area (Å²) in [6, 6.07) is 3.52. The van der Waals surface area contributed by atoms with Crippen molar-refractivity contribution in [2.45, 2.75) is 33.4 Å². The quantitative estimate of drug-likeness (QED) is 0.870. The Kier molecular flexibility index (Phi) is 5.97. The molecule has 19 heavy (non-hydrogen) atoms. The van der Waals surface area contributed by atoms with Gasteiger partial charge in [0.05, 0.1) is 19.2 Å². The van der Waals surface area contributed by atoms with E-state index in [0.29, 0.717) is 19.7 Å². The van der Waals surface area contributed by atoms with Crippen LogP contribution in [0.4, 0.5) is 0 Å². The highest BCUT2D eigenvalue weighted by Crippen LogP contribution is 2.20. The average Bonchev–Trinajstić information content (AvgIpc) is 2.84. The Bertz CT molecular complexity index is 385. The van der Waals surface area contributed by atoms with Crippen LogP contribution in [-0.2, 0) is 16.1 Å². The van der Waals surface area contributed by atoms with Crippen LogP contribution in [0.25, 0.3) is 0 Å². The molecule has 1 amide bonds. The minimum Gasteiger partial charge on any atom is -0.383 e. The molecule has 0 unspecified atom stereocenters. The number of nitrogens with two attached hydrogens (primary N) is 1. The van der Waals surface area contributed by atoms with Gasteiger partial charge in [-0.15, -0.1) is 11.3 Å². The molecule has 1 aromatic rings. The van der Waals surface area contributed by atoms with Crippen LogP contribution in [0.15, 0.2) is 17.5 Å². The first-order chi connectivity index (χ1) is 8.86. The lowest BCUT2D eigenvalue weighted by Crippen LogP contribution is -2.50. The van der Waals surface area contributed by atoms with Crippen LogP contribution < -0.4 is 5.73 Å². The Morgan fingerprint density at radius 1 is 1.53 bits per heavy atom. The zero-order valence-corrected chi connectivity index (χ0v) is 13.0. The van der Waals surface area contributed by atoms with Crippen molar-refractivity contribution >= 4 is 17.2 Å². The number of methoxy groups -OCH3 is 1. The van der Waals surface area contributed by atoms with Gasteiger partial charge in [0.15, 0.2) is 0 Å². The van der Waals surface area contributed by atoms with Crippen molar-refractivity contribution in [2.24, 2.45) is 11.1 Å². The second-order valence-electron chi connectivity index (χ2n) is 5.68. The van der Waals surface area contributed by atoms with Gasteiger partial charge in [0, 0.05) is 18.5 Å². The molecule has 1 rings (SSSR count). The lowest BCUT2D eigenvalue weighted by atomic mass is 9.86. The van der Waals surface area contributed by atoms with E-state index in [4.69, 9.17) is 10.5 Å². The summed E-state index contributed by atoms with van der Waals surface area (Å²) in [7, 11) is 1.64. The molecule has 0 spiro atoms. The Labute approximate surface area is 119 Å². The van der Waals surface area contributed by atoms with Crippen LogP contribution in [-0.4, -0.2) is 37.1 Å². The highest BCUT2D eigenvalue weighted by Gasteiger charge is 2.31. The van der Waals surface area contributed by atoms with E-state index in [1.54, 1.807) is 23.3 Å². The molecule has 0 saturated heterocycles. The summed E-state index contributed by atoms with van der Waals surface area (Å²) in [4.78, 5) is 15.4. The van der Waals surface area contributed by atoms with Gasteiger partial charge in [-0.25, -0.2) is 0 Å². The number of carbonyl (C=O) groups excluding carboxylic acids is 1. The Morgan fingerprint density at radius 2 is 2.21 bits per heavy atom. The third-order valence-electron chi connectivity index (χ3n) is 3.00. The zero-order valence-electron chi connectivity index (χ0n) is 12.2. The second kappa shape index (κ2) is 7.03. The predicted octanol–water partition coefficient (Wildman–Crippen LogP) is 2.10. The first-order valence-electron chi connectivity index (χ1n) is 6.42. The van der Waals surface area contributed by atoms with E-state index in [-0.39, 0.29) is 11.3 Å². The van der Waals surface area contributed by atoms with Gasteiger partial charge < -0.3 is 15.4 Å². The fourth-order valence-corrected chi connectivity index (χ4v) is 2.35. The van der Waals surface area contributed by atoms with Gasteiger partial charge in [-0.05, 0) is 16.9 Å². The number of ether oxygens (including phenoxy) is 1. The monoisotopic (exact) mass is 284 g/mol. The molecule has 0 aliphatic heterocycles. The summed E-state index contributed by atoms with van der Waals surface area (Å²) in [5.41, 5.74) is 5.83. The molecule has 108 valence electrons. The van der Waals surface area contributed by atoms with Crippen molar-refractivity contribution in [3.8, 4) is 0 Å². The fourth-order valence-electron chi connectivity index (χ4n) is 1.63. The van der Waals surface area contributed by atoms with Crippen molar-refractivity contribution < 1.29 is 9.53 Å². The van der Waals surface area contributed by atoms with Gasteiger partial charge in [0.25, 0.3) is 0 Å². The third kappa shape index (κ3) is 4.93. The molecule has 0 fully saturated rings. The highest BCUT2D eigenvalue weighted by atomic mass is 32.1. The Hall–Kier alpha value is -0.910. The van der Waals surface area contributed by atoms with Crippen LogP contribution in [0.1, 0.15) is 25.6 Å². The van der Waals surface area contributed by atoms with E-state index in [1.807, 2.05) is 38.3 Å². The van der Waals surface area contributed by atoms with Crippen molar-refractivity contribution in [1.82, 2.24) is 4.90 Å². The first kappa shape index (κ1) is 16.1. The molecule has 0 aromatic carbocycles. The number of rotatable bonds is 6. The van der Waals surface area contributed by atoms with Crippen molar-refractivity contribution in [3.05, 3.63) is 22.4 Å². The third-order valence-corrected chi connectivity index (χ3v) is 3.86. The molecule has 0 saturated carbocycles. The van der Waals surface area contributed by atoms with Crippen LogP contribution >= 0.6 is 11.3 Å². The Morgan fingerprint density at radius 3 is 2.68 bits per heavy atom. The number of nitrogens with zero attached hydrogens (tertiary/aromatic N) is 1. The molecular formula is C14H24N2O2S. The van der Waals surface area contributed by atoms with Gasteiger partial charge in [-0.1, -0.05) is 26.8 Å². The maximum absolute atomic E-state index is 12.5. The molecule has 0 radical (unpaired) electrons. The van der Waals surface area contributed by atoms with Crippen LogP contribution in [0.3, 0.4) is 0 Å². The number of carbonyl (C=O) groups is 1. The summed E-state index contributed by atoms with van der Waals surface area (Å²) in [6.07, 6.45) is 0. The van der Waals surface area contributed by atoms with E-state index in [0.717, 1.165) is 4.88 Å². The summed E-state index contributed by atoms with van der Waals surface area (Å²) >= 11 is 1.65. The maximum Gasteiger partial charge on any atom is 0.240 e. The summed E-state index contributed by atoms with van der Waals surface area (Å²) < 4.78 is 5.08. The molecule has 4 nitrogen and oxygen atoms in total. The average molecular weight is 284 g/mol. The number of thiophene rings is 1. The van der Waals surface area contributed by atoms with Crippen LogP contribution in [0.5, 0.6) is 0 Å². The molecule has 5 heteroatoms. The lowest BCUT2D eigenvalue weighted by Gasteiger charge is -2.31. The van der Waals surface area contributed by atoms with E-state index >= 15 is 0 Å². The van der Waals surface area contributed by atoms with Gasteiger partial charge in [0.2, 0.25) is 5.91 Å². The predicted molar refractivity (Wildman–Crippen MR) is 79.0 cm³/mol. The largest absolute Gasteiger partial charge is 0.383 e. The molecular weight excluding hydrogens is 260 g/mol. The van der Waals surface area contributed by atoms with Crippen LogP contribution in [0, 0.1) is 5.41 Å². The fraction of sp³-hybridized carbons (Fsp3) is 0.643. The van der Waals surface area contributed by atoms with Gasteiger partial charge >= 0.3 is 0 Å². The van der Waals surface area contributed by atoms with Crippen molar-refractivity contribution in [2.75, 3.05) is 20.3 Å². The highest BCUT2D eigenvalue weighted by molar-refractivity contribution is 7.09. The number of hydrogen-bond donors (Lipinski definition) is 1. The lowest BCUT2D eigenvalue weighted by molar-refractivity contribution is -0.136. The van der Waals surface area contributed by atoms with Gasteiger partial charge in [-0.3, -0.25) is 4.79 Å². The maximum atomic E-state index is 12.5. The van der Waals surface area contributed by atoms with E-state index < -0.39 is 6.04 Å². The standard InChI is InChI=1S/C14H24N2O2S/c1-14(2,3)12(15)13(17)16(7-8-18-4)10-11-6-5-9-19-11/h5-6,9,12H,7-8,10,15H2,1-4H3/t12-/m0/s1. The smallest absolute Gasteiger partial charge is 0.240 e. The summed E-state index contributed by atoms with van der Waals surface area (Å²) in [6.45, 7) is 7.63. The van der Waals surface area contributed by atoms with Crippen molar-refractivity contribution in [1.29, 1.82) is 0 Å². The second-order valence-corrected chi connectivity index (χ2v) is 6.71. The van der Waals surface area contributed by atoms with E-state index in [2.05, 4.69) is 0 Å². The SMILES string of the molecule is COCCN(Cc1cccs1)C(=O)[C@H](N)C(C)(C)C. The number of amides is 1. The molecule has 0 aliphatic rings. The van der Waals surface area contributed by atoms with Crippen molar-refractivity contribution in [3.63, 3.8) is 0 Å². The minimum atomic E-state index is -0.496. The van der Waals surface area contributed by atoms with E-state index in [9.17, 15) is 4.79 Å². The molecule has 0 bridgehead atoms. The topological polar surface area (TPSA) is 55.6 Å². The van der Waals surface area contributed by atoms with Gasteiger partial charge in [-0.2, -0.15) is 0 Å². The normalized spacial score (nSPS) is 13.3. The number of hydrogen-bond acceptors (Lipinski definition) is 4. The van der Waals surface area contributed by atoms with Crippen LogP contribution in [0.2, 0.25) is 0 Å². The first-order valence-corrected chi connectivity index (χ1v) is 7.30. The Balaban J connectivity index is 2.75. The summed E-state index contributed by atoms with van der Waals surface area (Å²) in [5, 5.41) is 2.01. The molecule has 2 N–H and O–H groups in total. The molecule has 1 heterocycles. The molecule has 1 atom stereocenters. The summed E-state index contributed by atoms with van der Waals surface area (Å²) in [5.74, 6) is -0.0158.